The maximum atomic E-state index is 13.3. The number of rotatable bonds is 7. The molecule has 0 radical (unpaired) electrons. The third-order valence-electron chi connectivity index (χ3n) is 6.36. The molecular formula is C29H25ClF3N7O2. The number of pyridine rings is 2. The molecule has 0 atom stereocenters. The summed E-state index contributed by atoms with van der Waals surface area (Å²) in [5.41, 5.74) is 6.74. The van der Waals surface area contributed by atoms with Crippen LogP contribution in [-0.4, -0.2) is 54.8 Å². The van der Waals surface area contributed by atoms with Crippen molar-refractivity contribution in [3.63, 3.8) is 0 Å². The number of aromatic nitrogens is 5. The fraction of sp³-hybridized carbons (Fsp3) is 0.207. The topological polar surface area (TPSA) is 123 Å². The molecule has 1 aromatic carbocycles. The summed E-state index contributed by atoms with van der Waals surface area (Å²) in [6, 6.07) is 14.0. The van der Waals surface area contributed by atoms with Crippen LogP contribution in [0.2, 0.25) is 5.02 Å². The average Bonchev–Trinajstić information content (AvgIpc) is 3.31. The molecule has 5 rings (SSSR count). The maximum absolute atomic E-state index is 13.3. The first-order valence-corrected chi connectivity index (χ1v) is 13.0. The molecule has 1 amide bonds. The Morgan fingerprint density at radius 1 is 1.00 bits per heavy atom. The predicted molar refractivity (Wildman–Crippen MR) is 153 cm³/mol. The van der Waals surface area contributed by atoms with Crippen LogP contribution in [0.25, 0.3) is 39.3 Å². The number of hydrogen-bond donors (Lipinski definition) is 2. The average molecular weight is 596 g/mol. The van der Waals surface area contributed by atoms with Gasteiger partial charge in [0.2, 0.25) is 0 Å². The van der Waals surface area contributed by atoms with Gasteiger partial charge in [0.1, 0.15) is 22.9 Å². The van der Waals surface area contributed by atoms with Gasteiger partial charge >= 0.3 is 6.18 Å². The Labute approximate surface area is 243 Å². The number of halogens is 4. The van der Waals surface area contributed by atoms with Gasteiger partial charge in [0.05, 0.1) is 16.9 Å². The van der Waals surface area contributed by atoms with E-state index in [4.69, 9.17) is 27.4 Å². The van der Waals surface area contributed by atoms with E-state index in [1.807, 2.05) is 0 Å². The lowest BCUT2D eigenvalue weighted by atomic mass is 10.0. The van der Waals surface area contributed by atoms with Gasteiger partial charge in [-0.25, -0.2) is 9.50 Å². The number of alkyl halides is 3. The summed E-state index contributed by atoms with van der Waals surface area (Å²) in [7, 11) is 1.75. The zero-order chi connectivity index (χ0) is 30.4. The zero-order valence-corrected chi connectivity index (χ0v) is 23.4. The first kappa shape index (κ1) is 29.0. The molecule has 5 aromatic rings. The molecule has 42 heavy (non-hydrogen) atoms. The van der Waals surface area contributed by atoms with E-state index in [0.29, 0.717) is 50.1 Å². The Balaban J connectivity index is 1.82. The van der Waals surface area contributed by atoms with Crippen molar-refractivity contribution in [2.45, 2.75) is 25.6 Å². The molecule has 0 saturated heterocycles. The van der Waals surface area contributed by atoms with Crippen LogP contribution < -0.4 is 10.6 Å². The molecule has 0 unspecified atom stereocenters. The van der Waals surface area contributed by atoms with E-state index < -0.39 is 23.4 Å². The third-order valence-corrected chi connectivity index (χ3v) is 6.61. The molecule has 216 valence electrons. The van der Waals surface area contributed by atoms with Crippen LogP contribution in [0.3, 0.4) is 0 Å². The lowest BCUT2D eigenvalue weighted by molar-refractivity contribution is -0.141. The van der Waals surface area contributed by atoms with E-state index in [1.54, 1.807) is 62.2 Å². The van der Waals surface area contributed by atoms with Crippen LogP contribution in [0.15, 0.2) is 67.0 Å². The summed E-state index contributed by atoms with van der Waals surface area (Å²) in [5, 5.41) is 15.8. The van der Waals surface area contributed by atoms with Gasteiger partial charge in [-0.2, -0.15) is 18.3 Å². The molecule has 4 aromatic heterocycles. The van der Waals surface area contributed by atoms with Gasteiger partial charge in [0, 0.05) is 48.2 Å². The zero-order valence-electron chi connectivity index (χ0n) is 22.7. The molecule has 0 fully saturated rings. The normalized spacial score (nSPS) is 12.1. The second-order valence-corrected chi connectivity index (χ2v) is 10.8. The Morgan fingerprint density at radius 2 is 1.64 bits per heavy atom. The van der Waals surface area contributed by atoms with Crippen molar-refractivity contribution in [1.29, 1.82) is 0 Å². The number of nitrogens with two attached hydrogens (primary N) is 1. The van der Waals surface area contributed by atoms with Gasteiger partial charge in [0.15, 0.2) is 5.65 Å². The van der Waals surface area contributed by atoms with Crippen molar-refractivity contribution >= 4 is 29.0 Å². The van der Waals surface area contributed by atoms with E-state index in [-0.39, 0.29) is 12.2 Å². The van der Waals surface area contributed by atoms with Crippen molar-refractivity contribution in [2.24, 2.45) is 5.73 Å². The molecule has 4 heterocycles. The van der Waals surface area contributed by atoms with Crippen molar-refractivity contribution in [1.82, 2.24) is 24.6 Å². The molecule has 0 aliphatic rings. The molecule has 0 saturated carbocycles. The Morgan fingerprint density at radius 3 is 2.19 bits per heavy atom. The lowest BCUT2D eigenvalue weighted by Crippen LogP contribution is -2.36. The van der Waals surface area contributed by atoms with Crippen molar-refractivity contribution < 1.29 is 23.1 Å². The van der Waals surface area contributed by atoms with Crippen LogP contribution >= 0.6 is 11.6 Å². The highest BCUT2D eigenvalue weighted by molar-refractivity contribution is 6.30. The number of nitrogens with zero attached hydrogens (tertiary/aromatic N) is 6. The summed E-state index contributed by atoms with van der Waals surface area (Å²) in [5.74, 6) is -0.254. The number of carbonyl (C=O) groups excluding carboxylic acids is 1. The predicted octanol–water partition coefficient (Wildman–Crippen LogP) is 5.50. The van der Waals surface area contributed by atoms with E-state index in [0.717, 1.165) is 12.3 Å². The summed E-state index contributed by atoms with van der Waals surface area (Å²) < 4.78 is 41.3. The molecule has 3 N–H and O–H groups in total. The van der Waals surface area contributed by atoms with Gasteiger partial charge in [-0.1, -0.05) is 23.7 Å². The van der Waals surface area contributed by atoms with Gasteiger partial charge in [-0.3, -0.25) is 14.8 Å². The molecule has 9 nitrogen and oxygen atoms in total. The Bertz CT molecular complexity index is 1760. The fourth-order valence-electron chi connectivity index (χ4n) is 4.54. The number of benzene rings is 1. The van der Waals surface area contributed by atoms with Crippen LogP contribution in [0.5, 0.6) is 0 Å². The summed E-state index contributed by atoms with van der Waals surface area (Å²) >= 11 is 6.17. The molecule has 13 heteroatoms. The van der Waals surface area contributed by atoms with E-state index in [2.05, 4.69) is 9.97 Å². The first-order valence-electron chi connectivity index (χ1n) is 12.6. The van der Waals surface area contributed by atoms with Crippen LogP contribution in [0.1, 0.15) is 30.0 Å². The number of carbonyl (C=O) groups is 1. The van der Waals surface area contributed by atoms with Crippen molar-refractivity contribution in [3.05, 3.63) is 83.4 Å². The first-order chi connectivity index (χ1) is 19.7. The fourth-order valence-corrected chi connectivity index (χ4v) is 4.67. The third kappa shape index (κ3) is 5.90. The summed E-state index contributed by atoms with van der Waals surface area (Å²) in [6.45, 7) is 3.51. The minimum absolute atomic E-state index is 0.0701. The van der Waals surface area contributed by atoms with Crippen molar-refractivity contribution in [3.8, 4) is 33.6 Å². The number of aliphatic hydroxyl groups is 1. The number of fused-ring (bicyclic) bond motifs is 1. The standard InChI is InChI=1S/C29H25ClF3N7O2/c1-28(2,42)15-39(3)23-12-21(17-7-11-22(36-13-17)29(31,32)33)40-27(37-23)24(16-4-8-19(30)9-5-16)25(38-40)18-6-10-20(26(34)41)35-14-18/h4-14,42H,15H2,1-3H3,(H2,34,41). The van der Waals surface area contributed by atoms with E-state index in [9.17, 15) is 23.1 Å². The summed E-state index contributed by atoms with van der Waals surface area (Å²) in [6.07, 6.45) is -2.01. The number of amides is 1. The quantitative estimate of drug-likeness (QED) is 0.255. The van der Waals surface area contributed by atoms with E-state index in [1.165, 1.54) is 22.8 Å². The van der Waals surface area contributed by atoms with Crippen LogP contribution in [-0.2, 0) is 6.18 Å². The molecule has 0 bridgehead atoms. The van der Waals surface area contributed by atoms with Gasteiger partial charge in [0.25, 0.3) is 5.91 Å². The summed E-state index contributed by atoms with van der Waals surface area (Å²) in [4.78, 5) is 26.0. The van der Waals surface area contributed by atoms with Crippen molar-refractivity contribution in [2.75, 3.05) is 18.5 Å². The highest BCUT2D eigenvalue weighted by atomic mass is 35.5. The molecule has 0 aliphatic heterocycles. The Hall–Kier alpha value is -4.55. The highest BCUT2D eigenvalue weighted by Gasteiger charge is 2.32. The highest BCUT2D eigenvalue weighted by Crippen LogP contribution is 2.38. The minimum Gasteiger partial charge on any atom is -0.389 e. The number of hydrogen-bond acceptors (Lipinski definition) is 7. The largest absolute Gasteiger partial charge is 0.433 e. The number of likely N-dealkylation sites (N-methyl/N-ethyl adjacent to an activating group) is 1. The molecule has 0 aliphatic carbocycles. The lowest BCUT2D eigenvalue weighted by Gasteiger charge is -2.27. The second-order valence-electron chi connectivity index (χ2n) is 10.4. The SMILES string of the molecule is CN(CC(C)(C)O)c1cc(-c2ccc(C(F)(F)F)nc2)n2nc(-c3ccc(C(N)=O)nc3)c(-c3ccc(Cl)cc3)c2n1. The minimum atomic E-state index is -4.60. The number of primary amides is 1. The smallest absolute Gasteiger partial charge is 0.389 e. The van der Waals surface area contributed by atoms with Crippen LogP contribution in [0.4, 0.5) is 19.0 Å². The van der Waals surface area contributed by atoms with Crippen LogP contribution in [0, 0.1) is 0 Å². The van der Waals surface area contributed by atoms with Gasteiger partial charge in [-0.15, -0.1) is 0 Å². The maximum Gasteiger partial charge on any atom is 0.433 e. The second kappa shape index (κ2) is 10.7. The molecule has 0 spiro atoms. The number of anilines is 1. The Kier molecular flexibility index (Phi) is 7.37. The molecular weight excluding hydrogens is 571 g/mol. The monoisotopic (exact) mass is 595 g/mol. The van der Waals surface area contributed by atoms with E-state index >= 15 is 0 Å². The van der Waals surface area contributed by atoms with Gasteiger partial charge in [-0.05, 0) is 55.8 Å². The van der Waals surface area contributed by atoms with Gasteiger partial charge < -0.3 is 15.7 Å².